The molecule has 10 amide bonds. The van der Waals surface area contributed by atoms with Crippen molar-refractivity contribution >= 4 is 65.0 Å². The number of likely N-dealkylation sites (tertiary alicyclic amines) is 2. The fraction of sp³-hybridized carbons (Fsp3) is 0.622. The Balaban J connectivity index is 1.67. The topological polar surface area (TPSA) is 472 Å². The van der Waals surface area contributed by atoms with Crippen molar-refractivity contribution in [2.75, 3.05) is 46.1 Å². The van der Waals surface area contributed by atoms with Gasteiger partial charge in [0, 0.05) is 19.5 Å². The zero-order valence-electron chi connectivity index (χ0n) is 40.9. The number of primary amides is 1. The molecule has 1 aromatic rings. The number of nitrogens with zero attached hydrogens (tertiary/aromatic N) is 2. The molecule has 1 aromatic carbocycles. The van der Waals surface area contributed by atoms with Crippen LogP contribution in [0.3, 0.4) is 0 Å². The molecular formula is C45H69N11O18. The summed E-state index contributed by atoms with van der Waals surface area (Å²) in [5.41, 5.74) is 11.9. The van der Waals surface area contributed by atoms with Crippen molar-refractivity contribution in [1.29, 1.82) is 0 Å². The van der Waals surface area contributed by atoms with Gasteiger partial charge in [0.15, 0.2) is 0 Å². The molecule has 2 aliphatic rings. The number of hydrogen-bond acceptors (Lipinski definition) is 18. The molecule has 0 aliphatic carbocycles. The van der Waals surface area contributed by atoms with Crippen LogP contribution < -0.4 is 48.7 Å². The predicted octanol–water partition coefficient (Wildman–Crippen LogP) is -8.00. The summed E-state index contributed by atoms with van der Waals surface area (Å²) in [6.07, 6.45) is -0.184. The van der Waals surface area contributed by atoms with E-state index < -0.39 is 171 Å². The van der Waals surface area contributed by atoms with E-state index in [1.165, 1.54) is 12.1 Å². The number of nitrogens with one attached hydrogen (secondary N) is 7. The number of rotatable bonds is 29. The number of carbonyl (C=O) groups is 11. The van der Waals surface area contributed by atoms with Gasteiger partial charge in [0.2, 0.25) is 59.1 Å². The number of aliphatic hydroxyl groups is 5. The van der Waals surface area contributed by atoms with Gasteiger partial charge in [-0.05, 0) is 68.6 Å². The smallest absolute Gasteiger partial charge is 0.326 e. The number of nitrogens with two attached hydrogens (primary N) is 2. The minimum absolute atomic E-state index is 0.00206. The average molecular weight is 1050 g/mol. The molecule has 29 heteroatoms. The van der Waals surface area contributed by atoms with Crippen LogP contribution in [0.25, 0.3) is 0 Å². The highest BCUT2D eigenvalue weighted by molar-refractivity contribution is 5.99. The molecule has 0 bridgehead atoms. The maximum absolute atomic E-state index is 13.8. The van der Waals surface area contributed by atoms with Crippen LogP contribution in [0.5, 0.6) is 5.75 Å². The third-order valence-corrected chi connectivity index (χ3v) is 12.1. The van der Waals surface area contributed by atoms with Crippen LogP contribution in [-0.2, 0) is 59.2 Å². The number of aromatic hydroxyl groups is 1. The van der Waals surface area contributed by atoms with Gasteiger partial charge in [-0.15, -0.1) is 0 Å². The van der Waals surface area contributed by atoms with Gasteiger partial charge in [-0.3, -0.25) is 47.9 Å². The second-order valence-corrected chi connectivity index (χ2v) is 18.2. The van der Waals surface area contributed by atoms with Crippen molar-refractivity contribution in [1.82, 2.24) is 47.0 Å². The molecule has 2 heterocycles. The van der Waals surface area contributed by atoms with Crippen LogP contribution >= 0.6 is 0 Å². The fourth-order valence-electron chi connectivity index (χ4n) is 8.09. The van der Waals surface area contributed by atoms with Gasteiger partial charge in [-0.2, -0.15) is 0 Å². The van der Waals surface area contributed by atoms with Crippen molar-refractivity contribution < 1.29 is 88.5 Å². The molecular weight excluding hydrogens is 983 g/mol. The summed E-state index contributed by atoms with van der Waals surface area (Å²) in [4.78, 5) is 146. The zero-order valence-corrected chi connectivity index (χ0v) is 40.9. The van der Waals surface area contributed by atoms with Crippen LogP contribution in [-0.4, -0.2) is 217 Å². The first-order valence-corrected chi connectivity index (χ1v) is 23.8. The Kier molecular flexibility index (Phi) is 24.5. The Hall–Kier alpha value is -7.05. The van der Waals surface area contributed by atoms with E-state index in [4.69, 9.17) is 11.5 Å². The number of phenolic OH excluding ortho intramolecular Hbond substituents is 1. The highest BCUT2D eigenvalue weighted by atomic mass is 16.4. The van der Waals surface area contributed by atoms with Crippen LogP contribution in [0.4, 0.5) is 0 Å². The van der Waals surface area contributed by atoms with E-state index >= 15 is 0 Å². The molecule has 0 aromatic heterocycles. The second-order valence-electron chi connectivity index (χ2n) is 18.2. The first-order valence-electron chi connectivity index (χ1n) is 23.8. The third-order valence-electron chi connectivity index (χ3n) is 12.1. The summed E-state index contributed by atoms with van der Waals surface area (Å²) >= 11 is 0. The number of phenols is 1. The number of benzene rings is 1. The number of hydrogen-bond donors (Lipinski definition) is 16. The van der Waals surface area contributed by atoms with E-state index in [0.29, 0.717) is 18.4 Å². The van der Waals surface area contributed by atoms with Gasteiger partial charge in [0.1, 0.15) is 60.1 Å². The Morgan fingerprint density at radius 1 is 0.568 bits per heavy atom. The SMILES string of the molecule is CC(C)C[C@H](NC(=O)[C@@H]1CCCN1C(=O)[C@H](CO)NC(=O)[C@@H](N)Cc1ccc(O)cc1)C(=O)N[C@@H](CO)C(=O)N[C@@H](CO)C(=O)N[C@@H](CCC(N)=O)C(=O)N[C@@H](CO)C(=O)N[C@@H](CO)C(=O)N1CCC[C@H]1C(=O)O. The monoisotopic (exact) mass is 1050 g/mol. The molecule has 2 saturated heterocycles. The van der Waals surface area contributed by atoms with Crippen molar-refractivity contribution in [2.24, 2.45) is 17.4 Å². The molecule has 0 radical (unpaired) electrons. The number of carboxylic acid groups (broad SMARTS) is 1. The first-order chi connectivity index (χ1) is 35.0. The minimum Gasteiger partial charge on any atom is -0.508 e. The van der Waals surface area contributed by atoms with Crippen molar-refractivity contribution in [2.45, 2.75) is 126 Å². The largest absolute Gasteiger partial charge is 0.508 e. The summed E-state index contributed by atoms with van der Waals surface area (Å²) in [6.45, 7) is -1.73. The Bertz CT molecular complexity index is 2170. The summed E-state index contributed by atoms with van der Waals surface area (Å²) in [5, 5.41) is 84.9. The molecule has 0 saturated carbocycles. The summed E-state index contributed by atoms with van der Waals surface area (Å²) in [6, 6.07) is -9.55. The molecule has 0 spiro atoms. The van der Waals surface area contributed by atoms with Gasteiger partial charge in [0.25, 0.3) is 0 Å². The maximum Gasteiger partial charge on any atom is 0.326 e. The maximum atomic E-state index is 13.8. The molecule has 10 atom stereocenters. The van der Waals surface area contributed by atoms with Crippen molar-refractivity contribution in [3.63, 3.8) is 0 Å². The lowest BCUT2D eigenvalue weighted by molar-refractivity contribution is -0.150. The summed E-state index contributed by atoms with van der Waals surface area (Å²) in [5.74, 6) is -11.8. The van der Waals surface area contributed by atoms with Gasteiger partial charge >= 0.3 is 5.97 Å². The van der Waals surface area contributed by atoms with Crippen LogP contribution in [0.15, 0.2) is 24.3 Å². The van der Waals surface area contributed by atoms with Gasteiger partial charge in [-0.25, -0.2) is 4.79 Å². The van der Waals surface area contributed by atoms with Crippen molar-refractivity contribution in [3.05, 3.63) is 29.8 Å². The van der Waals surface area contributed by atoms with Gasteiger partial charge < -0.3 is 94.2 Å². The molecule has 2 aliphatic heterocycles. The average Bonchev–Trinajstić information content (AvgIpc) is 4.07. The Morgan fingerprint density at radius 3 is 1.39 bits per heavy atom. The van der Waals surface area contributed by atoms with Gasteiger partial charge in [-0.1, -0.05) is 26.0 Å². The highest BCUT2D eigenvalue weighted by Gasteiger charge is 2.41. The number of aliphatic hydroxyl groups excluding tert-OH is 5. The molecule has 3 rings (SSSR count). The first kappa shape index (κ1) is 61.3. The van der Waals surface area contributed by atoms with Crippen LogP contribution in [0.1, 0.15) is 64.4 Å². The molecule has 2 fully saturated rings. The lowest BCUT2D eigenvalue weighted by Crippen LogP contribution is -2.62. The fourth-order valence-corrected chi connectivity index (χ4v) is 8.09. The van der Waals surface area contributed by atoms with E-state index in [0.717, 1.165) is 9.80 Å². The van der Waals surface area contributed by atoms with Crippen LogP contribution in [0.2, 0.25) is 0 Å². The van der Waals surface area contributed by atoms with E-state index in [9.17, 15) is 88.5 Å². The highest BCUT2D eigenvalue weighted by Crippen LogP contribution is 2.21. The predicted molar refractivity (Wildman–Crippen MR) is 254 cm³/mol. The molecule has 18 N–H and O–H groups in total. The lowest BCUT2D eigenvalue weighted by atomic mass is 10.0. The normalized spacial score (nSPS) is 18.6. The molecule has 412 valence electrons. The number of amides is 10. The molecule has 74 heavy (non-hydrogen) atoms. The third kappa shape index (κ3) is 17.9. The van der Waals surface area contributed by atoms with E-state index in [2.05, 4.69) is 37.2 Å². The summed E-state index contributed by atoms with van der Waals surface area (Å²) < 4.78 is 0. The standard InChI is InChI=1S/C45H69N11O18/c1-22(2)15-27(49-42(70)33-5-3-13-55(33)43(71)31(20-60)53-36(64)25(46)16-23-7-9-24(62)10-8-23)38(66)51-29(18-58)40(68)52-28(17-57)39(67)48-26(11-12-35(47)63)37(65)50-30(19-59)41(69)54-32(21-61)44(72)56-14-4-6-34(56)45(73)74/h7-10,22,25-34,57-62H,3-6,11-21,46H2,1-2H3,(H2,47,63)(H,48,67)(H,49,70)(H,50,65)(H,51,66)(H,52,68)(H,53,64)(H,54,69)(H,73,74)/t25-,26-,27-,28-,29-,30-,31-,32-,33-,34-/m0/s1. The lowest BCUT2D eigenvalue weighted by Gasteiger charge is -2.30. The van der Waals surface area contributed by atoms with E-state index in [1.807, 2.05) is 0 Å². The van der Waals surface area contributed by atoms with E-state index in [1.54, 1.807) is 26.0 Å². The summed E-state index contributed by atoms with van der Waals surface area (Å²) in [7, 11) is 0. The van der Waals surface area contributed by atoms with Crippen molar-refractivity contribution in [3.8, 4) is 5.75 Å². The quantitative estimate of drug-likeness (QED) is 0.0354. The number of aliphatic carboxylic acids is 1. The van der Waals surface area contributed by atoms with Crippen LogP contribution in [0, 0.1) is 5.92 Å². The molecule has 29 nitrogen and oxygen atoms in total. The number of carboxylic acids is 1. The van der Waals surface area contributed by atoms with Gasteiger partial charge in [0.05, 0.1) is 39.1 Å². The van der Waals surface area contributed by atoms with E-state index in [-0.39, 0.29) is 50.4 Å². The zero-order chi connectivity index (χ0) is 55.4. The Morgan fingerprint density at radius 2 is 0.959 bits per heavy atom. The Labute approximate surface area is 424 Å². The number of carbonyl (C=O) groups excluding carboxylic acids is 10. The second kappa shape index (κ2) is 29.6. The minimum atomic E-state index is -1.91. The molecule has 0 unspecified atom stereocenters.